The molecule has 2 N–H and O–H groups in total. The van der Waals surface area contributed by atoms with Crippen molar-refractivity contribution in [3.05, 3.63) is 69.6 Å². The van der Waals surface area contributed by atoms with Gasteiger partial charge in [0, 0.05) is 17.1 Å². The number of aryl methyl sites for hydroxylation is 3. The van der Waals surface area contributed by atoms with E-state index in [9.17, 15) is 18.0 Å². The van der Waals surface area contributed by atoms with Crippen LogP contribution in [0.2, 0.25) is 0 Å². The third-order valence-corrected chi connectivity index (χ3v) is 5.58. The molecule has 0 aliphatic heterocycles. The minimum atomic E-state index is -4.28. The van der Waals surface area contributed by atoms with E-state index in [4.69, 9.17) is 4.42 Å². The molecule has 0 bridgehead atoms. The standard InChI is InChI=1S/C19H18N2O5S/c1-11-9-13(3)18(17-16(11)12(2)10-15(22)26-17)27(24,25)21-19(23)20-14-7-5-4-6-8-14/h4-10H,1-3H3,(H2,20,21,23). The van der Waals surface area contributed by atoms with Gasteiger partial charge in [-0.25, -0.2) is 22.7 Å². The van der Waals surface area contributed by atoms with Crippen LogP contribution in [0.5, 0.6) is 0 Å². The Bertz CT molecular complexity index is 1200. The van der Waals surface area contributed by atoms with Crippen molar-refractivity contribution in [2.24, 2.45) is 0 Å². The van der Waals surface area contributed by atoms with Crippen LogP contribution in [0, 0.1) is 20.8 Å². The van der Waals surface area contributed by atoms with Crippen LogP contribution in [0.3, 0.4) is 0 Å². The van der Waals surface area contributed by atoms with Gasteiger partial charge in [0.05, 0.1) is 0 Å². The first-order valence-corrected chi connectivity index (χ1v) is 9.61. The van der Waals surface area contributed by atoms with Gasteiger partial charge in [-0.15, -0.1) is 0 Å². The predicted molar refractivity (Wildman–Crippen MR) is 102 cm³/mol. The van der Waals surface area contributed by atoms with Crippen molar-refractivity contribution < 1.29 is 17.6 Å². The molecule has 3 rings (SSSR count). The van der Waals surface area contributed by atoms with Crippen LogP contribution >= 0.6 is 0 Å². The van der Waals surface area contributed by atoms with Gasteiger partial charge in [-0.3, -0.25) is 0 Å². The molecule has 0 fully saturated rings. The average Bonchev–Trinajstić information content (AvgIpc) is 2.53. The number of nitrogens with one attached hydrogen (secondary N) is 2. The Kier molecular flexibility index (Phi) is 4.75. The Balaban J connectivity index is 2.08. The van der Waals surface area contributed by atoms with E-state index >= 15 is 0 Å². The van der Waals surface area contributed by atoms with Crippen molar-refractivity contribution in [3.8, 4) is 0 Å². The molecule has 140 valence electrons. The highest BCUT2D eigenvalue weighted by Gasteiger charge is 2.26. The second kappa shape index (κ2) is 6.88. The van der Waals surface area contributed by atoms with Crippen LogP contribution in [0.1, 0.15) is 16.7 Å². The third-order valence-electron chi connectivity index (χ3n) is 4.08. The van der Waals surface area contributed by atoms with Gasteiger partial charge in [-0.05, 0) is 49.6 Å². The zero-order valence-corrected chi connectivity index (χ0v) is 15.8. The summed E-state index contributed by atoms with van der Waals surface area (Å²) in [5.41, 5.74) is 1.47. The number of amides is 2. The monoisotopic (exact) mass is 386 g/mol. The predicted octanol–water partition coefficient (Wildman–Crippen LogP) is 3.23. The topological polar surface area (TPSA) is 105 Å². The number of sulfonamides is 1. The molecular weight excluding hydrogens is 368 g/mol. The minimum absolute atomic E-state index is 0.0579. The van der Waals surface area contributed by atoms with E-state index in [0.29, 0.717) is 22.2 Å². The summed E-state index contributed by atoms with van der Waals surface area (Å²) < 4.78 is 32.9. The summed E-state index contributed by atoms with van der Waals surface area (Å²) in [6.45, 7) is 5.08. The van der Waals surface area contributed by atoms with Gasteiger partial charge in [0.1, 0.15) is 4.90 Å². The van der Waals surface area contributed by atoms with Gasteiger partial charge in [-0.2, -0.15) is 0 Å². The number of urea groups is 1. The molecule has 0 atom stereocenters. The van der Waals surface area contributed by atoms with Crippen molar-refractivity contribution in [3.63, 3.8) is 0 Å². The maximum atomic E-state index is 12.9. The van der Waals surface area contributed by atoms with Crippen molar-refractivity contribution in [1.29, 1.82) is 0 Å². The normalized spacial score (nSPS) is 11.4. The SMILES string of the molecule is Cc1cc(C)c2c(C)cc(=O)oc2c1S(=O)(=O)NC(=O)Nc1ccccc1. The highest BCUT2D eigenvalue weighted by molar-refractivity contribution is 7.90. The van der Waals surface area contributed by atoms with Crippen LogP contribution in [0.25, 0.3) is 11.0 Å². The van der Waals surface area contributed by atoms with E-state index in [1.807, 2.05) is 4.72 Å². The molecule has 0 aliphatic carbocycles. The fraction of sp³-hybridized carbons (Fsp3) is 0.158. The zero-order valence-electron chi connectivity index (χ0n) is 15.0. The summed E-state index contributed by atoms with van der Waals surface area (Å²) in [5, 5.41) is 2.98. The van der Waals surface area contributed by atoms with Crippen LogP contribution in [-0.4, -0.2) is 14.4 Å². The van der Waals surface area contributed by atoms with Crippen molar-refractivity contribution in [1.82, 2.24) is 4.72 Å². The lowest BCUT2D eigenvalue weighted by Gasteiger charge is -2.14. The van der Waals surface area contributed by atoms with Gasteiger partial charge in [0.25, 0.3) is 10.0 Å². The van der Waals surface area contributed by atoms with E-state index in [1.165, 1.54) is 6.07 Å². The number of anilines is 1. The van der Waals surface area contributed by atoms with E-state index in [-0.39, 0.29) is 10.5 Å². The van der Waals surface area contributed by atoms with E-state index in [1.54, 1.807) is 57.2 Å². The minimum Gasteiger partial charge on any atom is -0.421 e. The molecule has 7 nitrogen and oxygen atoms in total. The average molecular weight is 386 g/mol. The Morgan fingerprint density at radius 2 is 1.59 bits per heavy atom. The Hall–Kier alpha value is -3.13. The van der Waals surface area contributed by atoms with Gasteiger partial charge in [0.2, 0.25) is 0 Å². The lowest BCUT2D eigenvalue weighted by molar-refractivity contribution is 0.256. The summed E-state index contributed by atoms with van der Waals surface area (Å²) in [7, 11) is -4.28. The summed E-state index contributed by atoms with van der Waals surface area (Å²) in [6.07, 6.45) is 0. The number of hydrogen-bond donors (Lipinski definition) is 2. The summed E-state index contributed by atoms with van der Waals surface area (Å²) in [4.78, 5) is 23.7. The van der Waals surface area contributed by atoms with Gasteiger partial charge < -0.3 is 9.73 Å². The molecule has 2 amide bonds. The third kappa shape index (κ3) is 3.70. The maximum Gasteiger partial charge on any atom is 0.336 e. The fourth-order valence-electron chi connectivity index (χ4n) is 3.09. The van der Waals surface area contributed by atoms with E-state index in [2.05, 4.69) is 5.32 Å². The van der Waals surface area contributed by atoms with Crippen LogP contribution in [-0.2, 0) is 10.0 Å². The molecule has 0 unspecified atom stereocenters. The first-order valence-electron chi connectivity index (χ1n) is 8.12. The van der Waals surface area contributed by atoms with Crippen LogP contribution in [0.15, 0.2) is 56.6 Å². The quantitative estimate of drug-likeness (QED) is 0.672. The zero-order chi connectivity index (χ0) is 19.8. The molecule has 2 aromatic carbocycles. The number of carbonyl (C=O) groups is 1. The van der Waals surface area contributed by atoms with Crippen LogP contribution in [0.4, 0.5) is 10.5 Å². The molecule has 27 heavy (non-hydrogen) atoms. The van der Waals surface area contributed by atoms with Crippen molar-refractivity contribution in [2.45, 2.75) is 25.7 Å². The summed E-state index contributed by atoms with van der Waals surface area (Å²) >= 11 is 0. The second-order valence-electron chi connectivity index (χ2n) is 6.22. The molecule has 0 saturated carbocycles. The first kappa shape index (κ1) is 18.7. The lowest BCUT2D eigenvalue weighted by Crippen LogP contribution is -2.35. The number of fused-ring (bicyclic) bond motifs is 1. The van der Waals surface area contributed by atoms with Gasteiger partial charge in [-0.1, -0.05) is 24.3 Å². The largest absolute Gasteiger partial charge is 0.421 e. The van der Waals surface area contributed by atoms with Crippen molar-refractivity contribution in [2.75, 3.05) is 5.32 Å². The summed E-state index contributed by atoms with van der Waals surface area (Å²) in [6, 6.07) is 10.5. The Morgan fingerprint density at radius 3 is 2.26 bits per heavy atom. The van der Waals surface area contributed by atoms with Crippen molar-refractivity contribution >= 4 is 32.7 Å². The van der Waals surface area contributed by atoms with E-state index < -0.39 is 21.7 Å². The second-order valence-corrected chi connectivity index (χ2v) is 7.84. The molecule has 3 aromatic rings. The molecular formula is C19H18N2O5S. The maximum absolute atomic E-state index is 12.9. The number of benzene rings is 2. The smallest absolute Gasteiger partial charge is 0.336 e. The molecule has 1 heterocycles. The highest BCUT2D eigenvalue weighted by Crippen LogP contribution is 2.30. The molecule has 0 radical (unpaired) electrons. The fourth-order valence-corrected chi connectivity index (χ4v) is 4.35. The molecule has 8 heteroatoms. The number of rotatable bonds is 3. The molecule has 1 aromatic heterocycles. The lowest BCUT2D eigenvalue weighted by atomic mass is 10.0. The molecule has 0 spiro atoms. The Morgan fingerprint density at radius 1 is 0.963 bits per heavy atom. The van der Waals surface area contributed by atoms with Gasteiger partial charge in [0.15, 0.2) is 5.58 Å². The number of carbonyl (C=O) groups excluding carboxylic acids is 1. The highest BCUT2D eigenvalue weighted by atomic mass is 32.2. The van der Waals surface area contributed by atoms with Crippen LogP contribution < -0.4 is 15.7 Å². The number of para-hydroxylation sites is 1. The molecule has 0 aliphatic rings. The first-order chi connectivity index (χ1) is 12.7. The molecule has 0 saturated heterocycles. The van der Waals surface area contributed by atoms with E-state index in [0.717, 1.165) is 5.56 Å². The summed E-state index contributed by atoms with van der Waals surface area (Å²) in [5.74, 6) is 0. The number of hydrogen-bond acceptors (Lipinski definition) is 5. The Labute approximate surface area is 156 Å². The van der Waals surface area contributed by atoms with Gasteiger partial charge >= 0.3 is 11.7 Å².